The molecule has 0 aliphatic carbocycles. The van der Waals surface area contributed by atoms with Gasteiger partial charge in [-0.3, -0.25) is 4.98 Å². The molecule has 2 heterocycles. The van der Waals surface area contributed by atoms with E-state index < -0.39 is 0 Å². The molecule has 0 radical (unpaired) electrons. The monoisotopic (exact) mass is 797 g/mol. The molecule has 0 atom stereocenters. The molecule has 63 heavy (non-hydrogen) atoms. The molecule has 0 unspecified atom stereocenters. The first-order chi connectivity index (χ1) is 31.2. The highest BCUT2D eigenvalue weighted by Crippen LogP contribution is 2.49. The number of aromatic nitrogens is 2. The summed E-state index contributed by atoms with van der Waals surface area (Å²) in [6, 6.07) is 75.2. The molecule has 0 saturated heterocycles. The van der Waals surface area contributed by atoms with Crippen LogP contribution in [0.25, 0.3) is 126 Å². The lowest BCUT2D eigenvalue weighted by Crippen LogP contribution is -1.95. The van der Waals surface area contributed by atoms with E-state index in [1.807, 2.05) is 30.6 Å². The Labute approximate surface area is 363 Å². The molecule has 2 aromatic heterocycles. The highest BCUT2D eigenvalue weighted by atomic mass is 15.0. The van der Waals surface area contributed by atoms with Crippen LogP contribution in [0.15, 0.2) is 213 Å². The number of hydrogen-bond acceptors (Lipinski definition) is 2. The van der Waals surface area contributed by atoms with E-state index in [1.165, 1.54) is 81.5 Å². The summed E-state index contributed by atoms with van der Waals surface area (Å²) in [5, 5.41) is 24.4. The molecule has 0 spiro atoms. The maximum atomic E-state index is 10.1. The molecule has 13 aromatic rings. The van der Waals surface area contributed by atoms with E-state index in [-0.39, 0.29) is 0 Å². The smallest absolute Gasteiger partial charge is 0.0992 e. The van der Waals surface area contributed by atoms with Crippen LogP contribution in [0.1, 0.15) is 5.56 Å². The van der Waals surface area contributed by atoms with Crippen molar-refractivity contribution < 1.29 is 0 Å². The first kappa shape index (κ1) is 35.2. The van der Waals surface area contributed by atoms with Gasteiger partial charge in [0.2, 0.25) is 0 Å². The van der Waals surface area contributed by atoms with Crippen LogP contribution in [0, 0.1) is 11.3 Å². The van der Waals surface area contributed by atoms with Gasteiger partial charge in [-0.05, 0) is 147 Å². The van der Waals surface area contributed by atoms with E-state index in [0.29, 0.717) is 5.56 Å². The molecule has 13 rings (SSSR count). The van der Waals surface area contributed by atoms with Crippen LogP contribution in [0.4, 0.5) is 0 Å². The fourth-order valence-electron chi connectivity index (χ4n) is 10.4. The average molecular weight is 798 g/mol. The summed E-state index contributed by atoms with van der Waals surface area (Å²) in [4.78, 5) is 4.51. The number of fused-ring (bicyclic) bond motifs is 4. The lowest BCUT2D eigenvalue weighted by atomic mass is 9.82. The zero-order valence-corrected chi connectivity index (χ0v) is 34.0. The summed E-state index contributed by atoms with van der Waals surface area (Å²) in [5.74, 6) is 0. The van der Waals surface area contributed by atoms with Crippen molar-refractivity contribution in [1.82, 2.24) is 9.55 Å². The molecule has 0 amide bonds. The SMILES string of the molecule is N#Cc1cc2ccc3cc(-c4ccc5c(-c6cccc7ccccc67)c6cc(-c7cccnc7)ccc6c(-c6cccc7ccccc67)c5c4)cc4c3c2c(c1)n4-c1ccccc1. The average Bonchev–Trinajstić information content (AvgIpc) is 3.69. The van der Waals surface area contributed by atoms with Gasteiger partial charge in [-0.1, -0.05) is 146 Å². The molecule has 3 heteroatoms. The van der Waals surface area contributed by atoms with E-state index in [2.05, 4.69) is 198 Å². The highest BCUT2D eigenvalue weighted by Gasteiger charge is 2.23. The lowest BCUT2D eigenvalue weighted by molar-refractivity contribution is 1.18. The number of hydrogen-bond donors (Lipinski definition) is 0. The van der Waals surface area contributed by atoms with Gasteiger partial charge in [0.25, 0.3) is 0 Å². The van der Waals surface area contributed by atoms with Gasteiger partial charge in [0.1, 0.15) is 0 Å². The Kier molecular flexibility index (Phi) is 7.67. The van der Waals surface area contributed by atoms with Crippen molar-refractivity contribution in [2.45, 2.75) is 0 Å². The summed E-state index contributed by atoms with van der Waals surface area (Å²) in [6.45, 7) is 0. The Bertz CT molecular complexity index is 4010. The molecule has 0 aliphatic rings. The number of nitrogens with zero attached hydrogens (tertiary/aromatic N) is 3. The van der Waals surface area contributed by atoms with Gasteiger partial charge in [-0.25, -0.2) is 0 Å². The van der Waals surface area contributed by atoms with Crippen LogP contribution in [-0.4, -0.2) is 9.55 Å². The first-order valence-electron chi connectivity index (χ1n) is 21.4. The second kappa shape index (κ2) is 13.7. The molecular formula is C60H35N3. The predicted octanol–water partition coefficient (Wildman–Crippen LogP) is 15.9. The highest BCUT2D eigenvalue weighted by molar-refractivity contribution is 6.27. The first-order valence-corrected chi connectivity index (χ1v) is 21.4. The number of para-hydroxylation sites is 1. The fourth-order valence-corrected chi connectivity index (χ4v) is 10.4. The fraction of sp³-hybridized carbons (Fsp3) is 0. The number of rotatable bonds is 5. The topological polar surface area (TPSA) is 41.6 Å². The standard InChI is InChI=1S/C60H35N3/c61-35-37-29-42-22-23-43-31-45(34-56-58(43)57(42)55(30-37)63(56)46-16-2-1-3-17-46)41-25-27-52-54(33-41)60(50-21-9-14-39-12-5-7-19-48(39)50)51-26-24-40(44-15-10-28-62-36-44)32-53(51)59(52)49-20-8-13-38-11-4-6-18-47(38)49/h1-34,36H. The van der Waals surface area contributed by atoms with Gasteiger partial charge >= 0.3 is 0 Å². The summed E-state index contributed by atoms with van der Waals surface area (Å²) < 4.78 is 2.34. The second-order valence-corrected chi connectivity index (χ2v) is 16.6. The minimum Gasteiger partial charge on any atom is -0.309 e. The van der Waals surface area contributed by atoms with Crippen molar-refractivity contribution in [1.29, 1.82) is 5.26 Å². The van der Waals surface area contributed by atoms with Crippen LogP contribution in [-0.2, 0) is 0 Å². The molecule has 3 nitrogen and oxygen atoms in total. The van der Waals surface area contributed by atoms with Crippen LogP contribution >= 0.6 is 0 Å². The molecule has 0 aliphatic heterocycles. The summed E-state index contributed by atoms with van der Waals surface area (Å²) in [6.07, 6.45) is 3.79. The largest absolute Gasteiger partial charge is 0.309 e. The van der Waals surface area contributed by atoms with Crippen molar-refractivity contribution in [3.05, 3.63) is 218 Å². The number of pyridine rings is 1. The van der Waals surface area contributed by atoms with Crippen LogP contribution in [0.2, 0.25) is 0 Å². The molecule has 290 valence electrons. The van der Waals surface area contributed by atoms with Crippen molar-refractivity contribution in [2.75, 3.05) is 0 Å². The Morgan fingerprint density at radius 3 is 1.57 bits per heavy atom. The third-order valence-electron chi connectivity index (χ3n) is 13.2. The minimum atomic E-state index is 0.656. The van der Waals surface area contributed by atoms with Crippen LogP contribution in [0.3, 0.4) is 0 Å². The second-order valence-electron chi connectivity index (χ2n) is 16.6. The van der Waals surface area contributed by atoms with E-state index in [1.54, 1.807) is 0 Å². The molecule has 0 bridgehead atoms. The maximum Gasteiger partial charge on any atom is 0.0992 e. The Morgan fingerprint density at radius 1 is 0.381 bits per heavy atom. The zero-order chi connectivity index (χ0) is 41.6. The van der Waals surface area contributed by atoms with E-state index in [9.17, 15) is 5.26 Å². The van der Waals surface area contributed by atoms with Crippen molar-refractivity contribution in [2.24, 2.45) is 0 Å². The van der Waals surface area contributed by atoms with Crippen molar-refractivity contribution >= 4 is 75.7 Å². The minimum absolute atomic E-state index is 0.656. The van der Waals surface area contributed by atoms with E-state index in [0.717, 1.165) is 44.4 Å². The molecule has 0 saturated carbocycles. The van der Waals surface area contributed by atoms with Gasteiger partial charge in [0, 0.05) is 34.4 Å². The van der Waals surface area contributed by atoms with E-state index in [4.69, 9.17) is 0 Å². The Balaban J connectivity index is 1.17. The quantitative estimate of drug-likeness (QED) is 0.129. The van der Waals surface area contributed by atoms with Gasteiger partial charge in [0.15, 0.2) is 0 Å². The van der Waals surface area contributed by atoms with Crippen LogP contribution < -0.4 is 0 Å². The Morgan fingerprint density at radius 2 is 0.952 bits per heavy atom. The molecule has 11 aromatic carbocycles. The third-order valence-corrected chi connectivity index (χ3v) is 13.2. The molecule has 0 N–H and O–H groups in total. The lowest BCUT2D eigenvalue weighted by Gasteiger charge is -2.21. The van der Waals surface area contributed by atoms with Crippen LogP contribution in [0.5, 0.6) is 0 Å². The van der Waals surface area contributed by atoms with Gasteiger partial charge < -0.3 is 4.57 Å². The number of nitriles is 1. The zero-order valence-electron chi connectivity index (χ0n) is 34.0. The summed E-state index contributed by atoms with van der Waals surface area (Å²) in [5.41, 5.74) is 13.2. The predicted molar refractivity (Wildman–Crippen MR) is 264 cm³/mol. The molecular weight excluding hydrogens is 763 g/mol. The van der Waals surface area contributed by atoms with Crippen molar-refractivity contribution in [3.63, 3.8) is 0 Å². The number of benzene rings is 11. The van der Waals surface area contributed by atoms with Gasteiger partial charge in [0.05, 0.1) is 22.7 Å². The van der Waals surface area contributed by atoms with E-state index >= 15 is 0 Å². The normalized spacial score (nSPS) is 11.8. The van der Waals surface area contributed by atoms with Gasteiger partial charge in [-0.2, -0.15) is 5.26 Å². The summed E-state index contributed by atoms with van der Waals surface area (Å²) >= 11 is 0. The maximum absolute atomic E-state index is 10.1. The third kappa shape index (κ3) is 5.35. The molecule has 0 fully saturated rings. The van der Waals surface area contributed by atoms with Gasteiger partial charge in [-0.15, -0.1) is 0 Å². The summed E-state index contributed by atoms with van der Waals surface area (Å²) in [7, 11) is 0. The Hall–Kier alpha value is -8.58. The van der Waals surface area contributed by atoms with Crippen molar-refractivity contribution in [3.8, 4) is 56.3 Å².